The maximum Gasteiger partial charge on any atom is 0.174 e. The summed E-state index contributed by atoms with van der Waals surface area (Å²) in [6.45, 7) is 10.4. The van der Waals surface area contributed by atoms with Crippen molar-refractivity contribution in [3.05, 3.63) is 12.2 Å². The van der Waals surface area contributed by atoms with Crippen LogP contribution in [0.1, 0.15) is 52.4 Å². The molecular weight excluding hydrogens is 212 g/mol. The Labute approximate surface area is 105 Å². The van der Waals surface area contributed by atoms with Gasteiger partial charge in [-0.2, -0.15) is 0 Å². The van der Waals surface area contributed by atoms with Crippen LogP contribution in [0.4, 0.5) is 0 Å². The summed E-state index contributed by atoms with van der Waals surface area (Å²) in [7, 11) is 0. The van der Waals surface area contributed by atoms with Crippen LogP contribution in [0.25, 0.3) is 0 Å². The third-order valence-electron chi connectivity index (χ3n) is 4.32. The summed E-state index contributed by atoms with van der Waals surface area (Å²) in [5, 5.41) is 0. The lowest BCUT2D eigenvalue weighted by atomic mass is 9.73. The molecule has 0 aromatic carbocycles. The second-order valence-corrected chi connectivity index (χ2v) is 5.64. The SMILES string of the molecule is C=C1CC(C)C2(OCCCCCO2)C(CC)C1. The smallest absolute Gasteiger partial charge is 0.174 e. The van der Waals surface area contributed by atoms with Crippen LogP contribution in [-0.4, -0.2) is 19.0 Å². The van der Waals surface area contributed by atoms with Crippen LogP contribution in [0.3, 0.4) is 0 Å². The maximum atomic E-state index is 6.21. The summed E-state index contributed by atoms with van der Waals surface area (Å²) in [6.07, 6.45) is 6.82. The van der Waals surface area contributed by atoms with E-state index >= 15 is 0 Å². The second kappa shape index (κ2) is 5.53. The Morgan fingerprint density at radius 3 is 2.41 bits per heavy atom. The Morgan fingerprint density at radius 1 is 1.18 bits per heavy atom. The molecule has 0 radical (unpaired) electrons. The zero-order valence-electron chi connectivity index (χ0n) is 11.3. The van der Waals surface area contributed by atoms with E-state index in [0.29, 0.717) is 11.8 Å². The molecule has 2 unspecified atom stereocenters. The molecule has 2 aliphatic rings. The molecule has 2 heteroatoms. The molecular formula is C15H26O2. The zero-order valence-corrected chi connectivity index (χ0v) is 11.3. The molecule has 1 saturated heterocycles. The standard InChI is InChI=1S/C15H26O2/c1-4-14-11-12(2)10-13(3)15(14)16-8-6-5-7-9-17-15/h13-14H,2,4-11H2,1,3H3. The molecule has 2 nitrogen and oxygen atoms in total. The van der Waals surface area contributed by atoms with Crippen LogP contribution < -0.4 is 0 Å². The van der Waals surface area contributed by atoms with E-state index in [0.717, 1.165) is 32.5 Å². The van der Waals surface area contributed by atoms with Crippen molar-refractivity contribution in [3.63, 3.8) is 0 Å². The normalized spacial score (nSPS) is 34.4. The first kappa shape index (κ1) is 13.1. The van der Waals surface area contributed by atoms with Crippen molar-refractivity contribution in [3.8, 4) is 0 Å². The summed E-state index contributed by atoms with van der Waals surface area (Å²) in [5.41, 5.74) is 1.37. The molecule has 2 rings (SSSR count). The molecule has 1 aliphatic carbocycles. The van der Waals surface area contributed by atoms with Crippen LogP contribution in [0.5, 0.6) is 0 Å². The summed E-state index contributed by atoms with van der Waals surface area (Å²) >= 11 is 0. The lowest BCUT2D eigenvalue weighted by Gasteiger charge is -2.49. The first-order valence-corrected chi connectivity index (χ1v) is 7.13. The Balaban J connectivity index is 2.18. The van der Waals surface area contributed by atoms with Crippen molar-refractivity contribution in [2.24, 2.45) is 11.8 Å². The number of ether oxygens (including phenoxy) is 2. The van der Waals surface area contributed by atoms with Crippen molar-refractivity contribution >= 4 is 0 Å². The highest BCUT2D eigenvalue weighted by Gasteiger charge is 2.48. The Kier molecular flexibility index (Phi) is 4.26. The summed E-state index contributed by atoms with van der Waals surface area (Å²) in [4.78, 5) is 0. The van der Waals surface area contributed by atoms with Gasteiger partial charge in [0.2, 0.25) is 0 Å². The molecule has 98 valence electrons. The molecule has 1 spiro atoms. The Bertz CT molecular complexity index is 264. The fourth-order valence-electron chi connectivity index (χ4n) is 3.39. The van der Waals surface area contributed by atoms with E-state index in [2.05, 4.69) is 20.4 Å². The van der Waals surface area contributed by atoms with Gasteiger partial charge < -0.3 is 9.47 Å². The molecule has 0 amide bonds. The molecule has 0 aromatic rings. The second-order valence-electron chi connectivity index (χ2n) is 5.64. The van der Waals surface area contributed by atoms with Crippen molar-refractivity contribution in [2.75, 3.05) is 13.2 Å². The maximum absolute atomic E-state index is 6.21. The van der Waals surface area contributed by atoms with Gasteiger partial charge in [-0.15, -0.1) is 0 Å². The third kappa shape index (κ3) is 2.58. The lowest BCUT2D eigenvalue weighted by molar-refractivity contribution is -0.305. The van der Waals surface area contributed by atoms with Gasteiger partial charge in [0.05, 0.1) is 13.2 Å². The van der Waals surface area contributed by atoms with Gasteiger partial charge in [-0.05, 0) is 38.5 Å². The molecule has 0 aromatic heterocycles. The largest absolute Gasteiger partial charge is 0.349 e. The summed E-state index contributed by atoms with van der Waals surface area (Å²) < 4.78 is 12.4. The van der Waals surface area contributed by atoms with E-state index in [-0.39, 0.29) is 5.79 Å². The molecule has 2 atom stereocenters. The summed E-state index contributed by atoms with van der Waals surface area (Å²) in [5.74, 6) is 0.597. The topological polar surface area (TPSA) is 18.5 Å². The minimum atomic E-state index is -0.323. The monoisotopic (exact) mass is 238 g/mol. The van der Waals surface area contributed by atoms with E-state index in [4.69, 9.17) is 9.47 Å². The van der Waals surface area contributed by atoms with E-state index in [9.17, 15) is 0 Å². The highest BCUT2D eigenvalue weighted by molar-refractivity contribution is 5.07. The van der Waals surface area contributed by atoms with Crippen molar-refractivity contribution < 1.29 is 9.47 Å². The third-order valence-corrected chi connectivity index (χ3v) is 4.32. The van der Waals surface area contributed by atoms with Gasteiger partial charge in [0.25, 0.3) is 0 Å². The van der Waals surface area contributed by atoms with Crippen molar-refractivity contribution in [1.82, 2.24) is 0 Å². The van der Waals surface area contributed by atoms with Crippen LogP contribution in [0.2, 0.25) is 0 Å². The van der Waals surface area contributed by atoms with E-state index in [1.807, 2.05) is 0 Å². The van der Waals surface area contributed by atoms with E-state index in [1.165, 1.54) is 24.8 Å². The predicted molar refractivity (Wildman–Crippen MR) is 69.8 cm³/mol. The van der Waals surface area contributed by atoms with Crippen LogP contribution in [0.15, 0.2) is 12.2 Å². The Morgan fingerprint density at radius 2 is 1.82 bits per heavy atom. The quantitative estimate of drug-likeness (QED) is 0.645. The number of hydrogen-bond acceptors (Lipinski definition) is 2. The van der Waals surface area contributed by atoms with E-state index in [1.54, 1.807) is 0 Å². The van der Waals surface area contributed by atoms with Gasteiger partial charge in [-0.1, -0.05) is 26.0 Å². The Hall–Kier alpha value is -0.340. The summed E-state index contributed by atoms with van der Waals surface area (Å²) in [6, 6.07) is 0. The fourth-order valence-corrected chi connectivity index (χ4v) is 3.39. The first-order valence-electron chi connectivity index (χ1n) is 7.13. The lowest BCUT2D eigenvalue weighted by Crippen LogP contribution is -2.52. The molecule has 0 N–H and O–H groups in total. The number of allylic oxidation sites excluding steroid dienone is 1. The highest BCUT2D eigenvalue weighted by atomic mass is 16.7. The average Bonchev–Trinajstić information content (AvgIpc) is 2.26. The van der Waals surface area contributed by atoms with Gasteiger partial charge in [-0.3, -0.25) is 0 Å². The van der Waals surface area contributed by atoms with Crippen LogP contribution in [-0.2, 0) is 9.47 Å². The molecule has 1 saturated carbocycles. The average molecular weight is 238 g/mol. The van der Waals surface area contributed by atoms with Gasteiger partial charge in [-0.25, -0.2) is 0 Å². The van der Waals surface area contributed by atoms with Crippen LogP contribution >= 0.6 is 0 Å². The molecule has 1 heterocycles. The molecule has 2 fully saturated rings. The van der Waals surface area contributed by atoms with Crippen LogP contribution in [0, 0.1) is 11.8 Å². The van der Waals surface area contributed by atoms with Gasteiger partial charge in [0.1, 0.15) is 0 Å². The predicted octanol–water partition coefficient (Wildman–Crippen LogP) is 3.91. The van der Waals surface area contributed by atoms with Gasteiger partial charge in [0, 0.05) is 11.8 Å². The highest BCUT2D eigenvalue weighted by Crippen LogP contribution is 2.46. The number of hydrogen-bond donors (Lipinski definition) is 0. The van der Waals surface area contributed by atoms with Gasteiger partial charge >= 0.3 is 0 Å². The van der Waals surface area contributed by atoms with Gasteiger partial charge in [0.15, 0.2) is 5.79 Å². The minimum Gasteiger partial charge on any atom is -0.349 e. The molecule has 0 bridgehead atoms. The molecule has 1 aliphatic heterocycles. The van der Waals surface area contributed by atoms with E-state index < -0.39 is 0 Å². The van der Waals surface area contributed by atoms with Crippen molar-refractivity contribution in [2.45, 2.75) is 58.2 Å². The number of rotatable bonds is 1. The van der Waals surface area contributed by atoms with Crippen molar-refractivity contribution in [1.29, 1.82) is 0 Å². The first-order chi connectivity index (χ1) is 8.19. The fraction of sp³-hybridized carbons (Fsp3) is 0.867. The molecule has 17 heavy (non-hydrogen) atoms. The zero-order chi connectivity index (χ0) is 12.3. The minimum absolute atomic E-state index is 0.323.